The summed E-state index contributed by atoms with van der Waals surface area (Å²) in [4.78, 5) is 14.1. The van der Waals surface area contributed by atoms with Crippen LogP contribution in [-0.4, -0.2) is 42.4 Å². The van der Waals surface area contributed by atoms with Crippen LogP contribution in [0.5, 0.6) is 0 Å². The van der Waals surface area contributed by atoms with Crippen molar-refractivity contribution >= 4 is 17.5 Å². The van der Waals surface area contributed by atoms with Crippen LogP contribution in [0.4, 0.5) is 0 Å². The summed E-state index contributed by atoms with van der Waals surface area (Å²) in [6.07, 6.45) is 6.50. The van der Waals surface area contributed by atoms with Crippen LogP contribution in [0.15, 0.2) is 0 Å². The van der Waals surface area contributed by atoms with Gasteiger partial charge in [-0.2, -0.15) is 0 Å². The van der Waals surface area contributed by atoms with Gasteiger partial charge in [0.1, 0.15) is 0 Å². The summed E-state index contributed by atoms with van der Waals surface area (Å²) >= 11 is 5.58. The molecule has 0 spiro atoms. The second-order valence-electron chi connectivity index (χ2n) is 5.33. The fourth-order valence-corrected chi connectivity index (χ4v) is 2.72. The Morgan fingerprint density at radius 1 is 1.29 bits per heavy atom. The van der Waals surface area contributed by atoms with Gasteiger partial charge in [0, 0.05) is 31.4 Å². The Balaban J connectivity index is 1.54. The number of hydrogen-bond acceptors (Lipinski definition) is 2. The number of nitrogens with zero attached hydrogens (tertiary/aromatic N) is 1. The van der Waals surface area contributed by atoms with Gasteiger partial charge in [-0.05, 0) is 44.6 Å². The summed E-state index contributed by atoms with van der Waals surface area (Å²) in [5, 5.41) is 3.05. The lowest BCUT2D eigenvalue weighted by atomic mass is 10.1. The topological polar surface area (TPSA) is 32.3 Å². The van der Waals surface area contributed by atoms with Gasteiger partial charge in [-0.3, -0.25) is 4.79 Å². The van der Waals surface area contributed by atoms with E-state index in [1.54, 1.807) is 0 Å². The predicted molar refractivity (Wildman–Crippen MR) is 70.3 cm³/mol. The highest BCUT2D eigenvalue weighted by molar-refractivity contribution is 6.17. The van der Waals surface area contributed by atoms with Crippen LogP contribution in [0.1, 0.15) is 38.5 Å². The lowest BCUT2D eigenvalue weighted by Gasteiger charge is -2.15. The molecule has 2 rings (SSSR count). The summed E-state index contributed by atoms with van der Waals surface area (Å²) in [6.45, 7) is 3.28. The van der Waals surface area contributed by atoms with Gasteiger partial charge in [0.05, 0.1) is 0 Å². The summed E-state index contributed by atoms with van der Waals surface area (Å²) in [6, 6.07) is 0.874. The first-order valence-electron chi connectivity index (χ1n) is 6.86. The van der Waals surface area contributed by atoms with Gasteiger partial charge in [0.25, 0.3) is 0 Å². The van der Waals surface area contributed by atoms with Gasteiger partial charge in [0.15, 0.2) is 0 Å². The Labute approximate surface area is 109 Å². The SMILES string of the molecule is O=C(CCCCCl)NCC1CCN(C2CC2)C1. The maximum absolute atomic E-state index is 11.5. The zero-order valence-electron chi connectivity index (χ0n) is 10.5. The van der Waals surface area contributed by atoms with E-state index in [9.17, 15) is 4.79 Å². The Morgan fingerprint density at radius 2 is 2.12 bits per heavy atom. The van der Waals surface area contributed by atoms with Crippen LogP contribution in [-0.2, 0) is 4.79 Å². The van der Waals surface area contributed by atoms with Gasteiger partial charge in [-0.1, -0.05) is 0 Å². The molecule has 17 heavy (non-hydrogen) atoms. The average Bonchev–Trinajstić information content (AvgIpc) is 3.07. The zero-order valence-corrected chi connectivity index (χ0v) is 11.2. The summed E-state index contributed by atoms with van der Waals surface area (Å²) in [7, 11) is 0. The number of halogens is 1. The van der Waals surface area contributed by atoms with Crippen molar-refractivity contribution in [1.82, 2.24) is 10.2 Å². The molecule has 1 amide bonds. The van der Waals surface area contributed by atoms with E-state index in [2.05, 4.69) is 10.2 Å². The molecule has 0 aromatic rings. The van der Waals surface area contributed by atoms with Crippen LogP contribution in [0, 0.1) is 5.92 Å². The van der Waals surface area contributed by atoms with E-state index in [4.69, 9.17) is 11.6 Å². The van der Waals surface area contributed by atoms with E-state index in [1.165, 1.54) is 32.4 Å². The quantitative estimate of drug-likeness (QED) is 0.560. The fourth-order valence-electron chi connectivity index (χ4n) is 2.53. The molecule has 1 saturated carbocycles. The molecular weight excluding hydrogens is 236 g/mol. The molecule has 1 heterocycles. The van der Waals surface area contributed by atoms with Crippen LogP contribution < -0.4 is 5.32 Å². The second kappa shape index (κ2) is 6.60. The number of likely N-dealkylation sites (tertiary alicyclic amines) is 1. The third-order valence-corrected chi connectivity index (χ3v) is 4.02. The lowest BCUT2D eigenvalue weighted by Crippen LogP contribution is -2.31. The molecule has 0 radical (unpaired) electrons. The number of hydrogen-bond donors (Lipinski definition) is 1. The predicted octanol–water partition coefficient (Wildman–Crippen LogP) is 2.00. The van der Waals surface area contributed by atoms with Gasteiger partial charge in [-0.25, -0.2) is 0 Å². The average molecular weight is 259 g/mol. The maximum atomic E-state index is 11.5. The molecular formula is C13H23ClN2O. The van der Waals surface area contributed by atoms with E-state index in [0.29, 0.717) is 18.2 Å². The Bertz CT molecular complexity index is 256. The number of carbonyl (C=O) groups excluding carboxylic acids is 1. The van der Waals surface area contributed by atoms with Crippen molar-refractivity contribution in [1.29, 1.82) is 0 Å². The first kappa shape index (κ1) is 13.2. The number of alkyl halides is 1. The Morgan fingerprint density at radius 3 is 2.82 bits per heavy atom. The summed E-state index contributed by atoms with van der Waals surface area (Å²) in [5.74, 6) is 1.53. The summed E-state index contributed by atoms with van der Waals surface area (Å²) in [5.41, 5.74) is 0. The second-order valence-corrected chi connectivity index (χ2v) is 5.71. The normalized spacial score (nSPS) is 25.1. The third-order valence-electron chi connectivity index (χ3n) is 3.76. The smallest absolute Gasteiger partial charge is 0.220 e. The fraction of sp³-hybridized carbons (Fsp3) is 0.923. The molecule has 0 aromatic heterocycles. The minimum atomic E-state index is 0.194. The number of amides is 1. The van der Waals surface area contributed by atoms with Crippen LogP contribution in [0.3, 0.4) is 0 Å². The van der Waals surface area contributed by atoms with Crippen molar-refractivity contribution in [2.75, 3.05) is 25.5 Å². The molecule has 98 valence electrons. The van der Waals surface area contributed by atoms with Gasteiger partial charge < -0.3 is 10.2 Å². The molecule has 1 aliphatic heterocycles. The summed E-state index contributed by atoms with van der Waals surface area (Å²) < 4.78 is 0. The van der Waals surface area contributed by atoms with Crippen LogP contribution >= 0.6 is 11.6 Å². The van der Waals surface area contributed by atoms with Crippen LogP contribution in [0.25, 0.3) is 0 Å². The van der Waals surface area contributed by atoms with E-state index in [-0.39, 0.29) is 5.91 Å². The molecule has 1 N–H and O–H groups in total. The standard InChI is InChI=1S/C13H23ClN2O/c14-7-2-1-3-13(17)15-9-11-6-8-16(10-11)12-4-5-12/h11-12H,1-10H2,(H,15,17). The van der Waals surface area contributed by atoms with E-state index in [0.717, 1.165) is 25.4 Å². The van der Waals surface area contributed by atoms with Crippen molar-refractivity contribution in [3.63, 3.8) is 0 Å². The number of carbonyl (C=O) groups is 1. The molecule has 4 heteroatoms. The Hall–Kier alpha value is -0.280. The molecule has 2 fully saturated rings. The lowest BCUT2D eigenvalue weighted by molar-refractivity contribution is -0.121. The minimum Gasteiger partial charge on any atom is -0.356 e. The van der Waals surface area contributed by atoms with E-state index in [1.807, 2.05) is 0 Å². The van der Waals surface area contributed by atoms with Crippen LogP contribution in [0.2, 0.25) is 0 Å². The van der Waals surface area contributed by atoms with Gasteiger partial charge >= 0.3 is 0 Å². The highest BCUT2D eigenvalue weighted by Crippen LogP contribution is 2.31. The van der Waals surface area contributed by atoms with Crippen molar-refractivity contribution < 1.29 is 4.79 Å². The molecule has 1 unspecified atom stereocenters. The number of unbranched alkanes of at least 4 members (excludes halogenated alkanes) is 1. The molecule has 1 atom stereocenters. The van der Waals surface area contributed by atoms with Crippen molar-refractivity contribution in [2.45, 2.75) is 44.6 Å². The van der Waals surface area contributed by atoms with E-state index >= 15 is 0 Å². The molecule has 3 nitrogen and oxygen atoms in total. The first-order valence-corrected chi connectivity index (χ1v) is 7.39. The third kappa shape index (κ3) is 4.47. The zero-order chi connectivity index (χ0) is 12.1. The van der Waals surface area contributed by atoms with Gasteiger partial charge in [-0.15, -0.1) is 11.6 Å². The van der Waals surface area contributed by atoms with Crippen molar-refractivity contribution in [2.24, 2.45) is 5.92 Å². The molecule has 0 bridgehead atoms. The highest BCUT2D eigenvalue weighted by atomic mass is 35.5. The maximum Gasteiger partial charge on any atom is 0.220 e. The highest BCUT2D eigenvalue weighted by Gasteiger charge is 2.34. The monoisotopic (exact) mass is 258 g/mol. The Kier molecular flexibility index (Phi) is 5.11. The minimum absolute atomic E-state index is 0.194. The van der Waals surface area contributed by atoms with Gasteiger partial charge in [0.2, 0.25) is 5.91 Å². The molecule has 0 aromatic carbocycles. The number of nitrogens with one attached hydrogen (secondary N) is 1. The molecule has 1 saturated heterocycles. The number of rotatable bonds is 7. The molecule has 1 aliphatic carbocycles. The first-order chi connectivity index (χ1) is 8.29. The van der Waals surface area contributed by atoms with E-state index < -0.39 is 0 Å². The van der Waals surface area contributed by atoms with Crippen molar-refractivity contribution in [3.05, 3.63) is 0 Å². The van der Waals surface area contributed by atoms with Crippen molar-refractivity contribution in [3.8, 4) is 0 Å². The molecule has 2 aliphatic rings. The largest absolute Gasteiger partial charge is 0.356 e.